The van der Waals surface area contributed by atoms with Gasteiger partial charge in [0.05, 0.1) is 12.6 Å². The Hall–Kier alpha value is -2.05. The fourth-order valence-electron chi connectivity index (χ4n) is 3.15. The molecule has 1 aliphatic heterocycles. The van der Waals surface area contributed by atoms with Gasteiger partial charge in [0, 0.05) is 11.4 Å². The highest BCUT2D eigenvalue weighted by atomic mass is 32.1. The van der Waals surface area contributed by atoms with E-state index in [1.165, 1.54) is 17.7 Å². The minimum Gasteiger partial charge on any atom is -0.494 e. The Bertz CT molecular complexity index is 667. The monoisotopic (exact) mass is 374 g/mol. The van der Waals surface area contributed by atoms with E-state index in [0.29, 0.717) is 18.9 Å². The molecule has 1 aromatic heterocycles. The molecule has 1 N–H and O–H groups in total. The van der Waals surface area contributed by atoms with Crippen molar-refractivity contribution in [1.29, 1.82) is 0 Å². The molecule has 0 spiro atoms. The molecule has 1 amide bonds. The fourth-order valence-corrected chi connectivity index (χ4v) is 4.01. The molecule has 140 valence electrons. The quantitative estimate of drug-likeness (QED) is 0.730. The second-order valence-corrected chi connectivity index (χ2v) is 7.25. The van der Waals surface area contributed by atoms with Gasteiger partial charge in [0.2, 0.25) is 0 Å². The molecule has 6 heteroatoms. The number of benzene rings is 1. The van der Waals surface area contributed by atoms with E-state index in [1.807, 2.05) is 31.2 Å². The number of carbonyl (C=O) groups excluding carboxylic acids is 1. The van der Waals surface area contributed by atoms with Crippen LogP contribution in [-0.4, -0.2) is 43.7 Å². The molecule has 0 bridgehead atoms. The molecule has 2 heterocycles. The van der Waals surface area contributed by atoms with Crippen LogP contribution in [0, 0.1) is 0 Å². The first kappa shape index (κ1) is 18.7. The lowest BCUT2D eigenvalue weighted by Gasteiger charge is -2.26. The van der Waals surface area contributed by atoms with Crippen molar-refractivity contribution in [2.75, 3.05) is 32.8 Å². The zero-order chi connectivity index (χ0) is 18.2. The van der Waals surface area contributed by atoms with Crippen molar-refractivity contribution >= 4 is 17.2 Å². The summed E-state index contributed by atoms with van der Waals surface area (Å²) in [5, 5.41) is 5.12. The Labute approximate surface area is 158 Å². The number of hydrogen-bond acceptors (Lipinski definition) is 5. The first-order valence-electron chi connectivity index (χ1n) is 9.16. The van der Waals surface area contributed by atoms with E-state index in [0.717, 1.165) is 18.8 Å². The average Bonchev–Trinajstić information content (AvgIpc) is 3.36. The molecule has 2 aromatic rings. The van der Waals surface area contributed by atoms with Gasteiger partial charge >= 0.3 is 0 Å². The molecule has 1 aromatic carbocycles. The van der Waals surface area contributed by atoms with Crippen molar-refractivity contribution < 1.29 is 14.3 Å². The maximum Gasteiger partial charge on any atom is 0.258 e. The number of nitrogens with zero attached hydrogens (tertiary/aromatic N) is 1. The molecule has 26 heavy (non-hydrogen) atoms. The highest BCUT2D eigenvalue weighted by Gasteiger charge is 2.24. The zero-order valence-corrected chi connectivity index (χ0v) is 16.0. The van der Waals surface area contributed by atoms with Crippen molar-refractivity contribution in [3.63, 3.8) is 0 Å². The Kier molecular flexibility index (Phi) is 6.91. The Morgan fingerprint density at radius 1 is 1.15 bits per heavy atom. The van der Waals surface area contributed by atoms with E-state index in [4.69, 9.17) is 9.47 Å². The minimum atomic E-state index is -0.0976. The molecule has 1 unspecified atom stereocenters. The molecule has 3 rings (SSSR count). The lowest BCUT2D eigenvalue weighted by atomic mass is 10.2. The normalized spacial score (nSPS) is 15.6. The number of nitrogens with one attached hydrogen (secondary N) is 1. The van der Waals surface area contributed by atoms with Gasteiger partial charge in [-0.1, -0.05) is 6.07 Å². The van der Waals surface area contributed by atoms with Crippen molar-refractivity contribution in [2.24, 2.45) is 0 Å². The van der Waals surface area contributed by atoms with Crippen molar-refractivity contribution in [3.05, 3.63) is 46.7 Å². The average molecular weight is 375 g/mol. The van der Waals surface area contributed by atoms with E-state index in [-0.39, 0.29) is 18.6 Å². The molecule has 1 fully saturated rings. The van der Waals surface area contributed by atoms with Crippen LogP contribution in [0.5, 0.6) is 11.5 Å². The Balaban J connectivity index is 1.47. The third kappa shape index (κ3) is 5.22. The number of hydrogen-bond donors (Lipinski definition) is 1. The fraction of sp³-hybridized carbons (Fsp3) is 0.450. The van der Waals surface area contributed by atoms with Crippen LogP contribution in [0.4, 0.5) is 0 Å². The van der Waals surface area contributed by atoms with Gasteiger partial charge in [-0.2, -0.15) is 0 Å². The van der Waals surface area contributed by atoms with Gasteiger partial charge in [-0.15, -0.1) is 11.3 Å². The Morgan fingerprint density at radius 2 is 1.85 bits per heavy atom. The van der Waals surface area contributed by atoms with Gasteiger partial charge in [-0.3, -0.25) is 9.69 Å². The summed E-state index contributed by atoms with van der Waals surface area (Å²) in [7, 11) is 0. The van der Waals surface area contributed by atoms with Crippen LogP contribution >= 0.6 is 11.3 Å². The van der Waals surface area contributed by atoms with Crippen molar-refractivity contribution in [2.45, 2.75) is 25.8 Å². The number of amides is 1. The minimum absolute atomic E-state index is 0.0190. The van der Waals surface area contributed by atoms with Gasteiger partial charge in [0.15, 0.2) is 6.61 Å². The lowest BCUT2D eigenvalue weighted by molar-refractivity contribution is -0.123. The number of rotatable bonds is 9. The summed E-state index contributed by atoms with van der Waals surface area (Å²) in [6.07, 6.45) is 2.47. The number of ether oxygens (including phenoxy) is 2. The standard InChI is InChI=1S/C20H26N2O3S/c1-2-24-16-7-9-17(10-8-16)25-15-20(23)21-14-18(19-6-5-13-26-19)22-11-3-4-12-22/h5-10,13,18H,2-4,11-12,14-15H2,1H3,(H,21,23). The van der Waals surface area contributed by atoms with Gasteiger partial charge in [-0.25, -0.2) is 0 Å². The molecule has 0 aliphatic carbocycles. The van der Waals surface area contributed by atoms with Gasteiger partial charge in [0.25, 0.3) is 5.91 Å². The third-order valence-electron chi connectivity index (χ3n) is 4.45. The van der Waals surface area contributed by atoms with E-state index in [2.05, 4.69) is 27.7 Å². The van der Waals surface area contributed by atoms with E-state index in [9.17, 15) is 4.79 Å². The second kappa shape index (κ2) is 9.59. The summed E-state index contributed by atoms with van der Waals surface area (Å²) in [6, 6.07) is 11.8. The topological polar surface area (TPSA) is 50.8 Å². The third-order valence-corrected chi connectivity index (χ3v) is 5.42. The summed E-state index contributed by atoms with van der Waals surface area (Å²) in [6.45, 7) is 5.41. The van der Waals surface area contributed by atoms with Crippen LogP contribution in [0.1, 0.15) is 30.7 Å². The second-order valence-electron chi connectivity index (χ2n) is 6.27. The first-order chi connectivity index (χ1) is 12.8. The largest absolute Gasteiger partial charge is 0.494 e. The van der Waals surface area contributed by atoms with Crippen LogP contribution in [0.15, 0.2) is 41.8 Å². The molecule has 0 radical (unpaired) electrons. The lowest BCUT2D eigenvalue weighted by Crippen LogP contribution is -2.38. The predicted octanol–water partition coefficient (Wildman–Crippen LogP) is 3.48. The SMILES string of the molecule is CCOc1ccc(OCC(=O)NCC(c2cccs2)N2CCCC2)cc1. The van der Waals surface area contributed by atoms with E-state index in [1.54, 1.807) is 11.3 Å². The smallest absolute Gasteiger partial charge is 0.258 e. The molecule has 1 atom stereocenters. The summed E-state index contributed by atoms with van der Waals surface area (Å²) >= 11 is 1.75. The zero-order valence-electron chi connectivity index (χ0n) is 15.1. The molecule has 1 aliphatic rings. The highest BCUT2D eigenvalue weighted by Crippen LogP contribution is 2.27. The summed E-state index contributed by atoms with van der Waals surface area (Å²) in [4.78, 5) is 16.0. The van der Waals surface area contributed by atoms with Crippen LogP contribution in [0.25, 0.3) is 0 Å². The van der Waals surface area contributed by atoms with Crippen LogP contribution < -0.4 is 14.8 Å². The molecular weight excluding hydrogens is 348 g/mol. The van der Waals surface area contributed by atoms with Crippen LogP contribution in [-0.2, 0) is 4.79 Å². The van der Waals surface area contributed by atoms with Gasteiger partial charge < -0.3 is 14.8 Å². The molecule has 1 saturated heterocycles. The maximum atomic E-state index is 12.2. The van der Waals surface area contributed by atoms with Gasteiger partial charge in [0.1, 0.15) is 11.5 Å². The van der Waals surface area contributed by atoms with E-state index < -0.39 is 0 Å². The summed E-state index contributed by atoms with van der Waals surface area (Å²) in [5.41, 5.74) is 0. The molecule has 0 saturated carbocycles. The van der Waals surface area contributed by atoms with E-state index >= 15 is 0 Å². The summed E-state index contributed by atoms with van der Waals surface area (Å²) in [5.74, 6) is 1.37. The number of likely N-dealkylation sites (tertiary alicyclic amines) is 1. The summed E-state index contributed by atoms with van der Waals surface area (Å²) < 4.78 is 11.0. The number of thiophene rings is 1. The Morgan fingerprint density at radius 3 is 2.46 bits per heavy atom. The van der Waals surface area contributed by atoms with Crippen LogP contribution in [0.2, 0.25) is 0 Å². The predicted molar refractivity (Wildman–Crippen MR) is 104 cm³/mol. The first-order valence-corrected chi connectivity index (χ1v) is 10.0. The van der Waals surface area contributed by atoms with Gasteiger partial charge in [-0.05, 0) is 68.6 Å². The maximum absolute atomic E-state index is 12.2. The number of carbonyl (C=O) groups is 1. The molecule has 5 nitrogen and oxygen atoms in total. The highest BCUT2D eigenvalue weighted by molar-refractivity contribution is 7.10. The van der Waals surface area contributed by atoms with Crippen molar-refractivity contribution in [3.8, 4) is 11.5 Å². The van der Waals surface area contributed by atoms with Crippen LogP contribution in [0.3, 0.4) is 0 Å². The molecular formula is C20H26N2O3S. The van der Waals surface area contributed by atoms with Crippen molar-refractivity contribution in [1.82, 2.24) is 10.2 Å².